The highest BCUT2D eigenvalue weighted by molar-refractivity contribution is 5.82. The number of carbonyl (C=O) groups excluding carboxylic acids is 2. The van der Waals surface area contributed by atoms with Crippen molar-refractivity contribution in [2.75, 3.05) is 39.3 Å². The molecule has 2 aliphatic rings. The Bertz CT molecular complexity index is 898. The molecular weight excluding hydrogens is 389 g/mol. The Hall–Kier alpha value is -3.13. The van der Waals surface area contributed by atoms with Crippen LogP contribution in [-0.2, 0) is 16.1 Å². The number of nitrogens with zero attached hydrogens (tertiary/aromatic N) is 2. The van der Waals surface area contributed by atoms with Gasteiger partial charge in [0.1, 0.15) is 12.4 Å². The second kappa shape index (κ2) is 9.13. The number of halogens is 1. The average Bonchev–Trinajstić information content (AvgIpc) is 2.78. The molecule has 0 unspecified atom stereocenters. The zero-order chi connectivity index (χ0) is 20.9. The first-order chi connectivity index (χ1) is 14.6. The first kappa shape index (κ1) is 20.2. The monoisotopic (exact) mass is 413 g/mol. The number of hydrogen-bond donors (Lipinski definition) is 1. The number of amides is 2. The van der Waals surface area contributed by atoms with E-state index in [-0.39, 0.29) is 30.8 Å². The SMILES string of the molecule is O=C(CN1CCN(C(=O)[C@H]2COc3ccccc3O2)CC1)NCc1ccc(F)cc1. The Labute approximate surface area is 174 Å². The van der Waals surface area contributed by atoms with Crippen LogP contribution < -0.4 is 14.8 Å². The quantitative estimate of drug-likeness (QED) is 0.803. The van der Waals surface area contributed by atoms with Crippen LogP contribution in [-0.4, -0.2) is 67.0 Å². The van der Waals surface area contributed by atoms with Gasteiger partial charge in [-0.25, -0.2) is 4.39 Å². The average molecular weight is 413 g/mol. The Balaban J connectivity index is 1.20. The molecular formula is C22H24FN3O4. The molecule has 1 atom stereocenters. The number of ether oxygens (including phenoxy) is 2. The number of piperazine rings is 1. The summed E-state index contributed by atoms with van der Waals surface area (Å²) in [7, 11) is 0. The maximum atomic E-state index is 12.9. The topological polar surface area (TPSA) is 71.1 Å². The minimum atomic E-state index is -0.648. The molecule has 8 heteroatoms. The highest BCUT2D eigenvalue weighted by Gasteiger charge is 2.32. The van der Waals surface area contributed by atoms with Gasteiger partial charge < -0.3 is 19.7 Å². The van der Waals surface area contributed by atoms with Crippen LogP contribution in [0.15, 0.2) is 48.5 Å². The molecule has 2 aliphatic heterocycles. The van der Waals surface area contributed by atoms with Gasteiger partial charge >= 0.3 is 0 Å². The lowest BCUT2D eigenvalue weighted by molar-refractivity contribution is -0.143. The zero-order valence-electron chi connectivity index (χ0n) is 16.6. The first-order valence-electron chi connectivity index (χ1n) is 9.99. The molecule has 1 N–H and O–H groups in total. The molecule has 2 heterocycles. The van der Waals surface area contributed by atoms with Gasteiger partial charge in [0.15, 0.2) is 11.5 Å². The number of fused-ring (bicyclic) bond motifs is 1. The molecule has 1 saturated heterocycles. The Morgan fingerprint density at radius 3 is 2.43 bits per heavy atom. The van der Waals surface area contributed by atoms with Gasteiger partial charge in [-0.3, -0.25) is 14.5 Å². The molecule has 2 aromatic rings. The van der Waals surface area contributed by atoms with Crippen molar-refractivity contribution in [3.8, 4) is 11.5 Å². The summed E-state index contributed by atoms with van der Waals surface area (Å²) in [5, 5.41) is 2.84. The van der Waals surface area contributed by atoms with Gasteiger partial charge in [-0.1, -0.05) is 24.3 Å². The van der Waals surface area contributed by atoms with Crippen LogP contribution in [0.25, 0.3) is 0 Å². The largest absolute Gasteiger partial charge is 0.485 e. The van der Waals surface area contributed by atoms with Crippen LogP contribution in [0.2, 0.25) is 0 Å². The van der Waals surface area contributed by atoms with Crippen molar-refractivity contribution < 1.29 is 23.5 Å². The van der Waals surface area contributed by atoms with Crippen molar-refractivity contribution in [1.82, 2.24) is 15.1 Å². The summed E-state index contributed by atoms with van der Waals surface area (Å²) in [6.45, 7) is 3.11. The third-order valence-corrected chi connectivity index (χ3v) is 5.24. The van der Waals surface area contributed by atoms with Crippen molar-refractivity contribution in [3.63, 3.8) is 0 Å². The van der Waals surface area contributed by atoms with Gasteiger partial charge in [0.2, 0.25) is 12.0 Å². The van der Waals surface area contributed by atoms with E-state index in [1.807, 2.05) is 23.1 Å². The van der Waals surface area contributed by atoms with Crippen LogP contribution in [0.5, 0.6) is 11.5 Å². The van der Waals surface area contributed by atoms with Crippen LogP contribution in [0.3, 0.4) is 0 Å². The second-order valence-corrected chi connectivity index (χ2v) is 7.37. The number of carbonyl (C=O) groups is 2. The fraction of sp³-hybridized carbons (Fsp3) is 0.364. The fourth-order valence-electron chi connectivity index (χ4n) is 3.53. The molecule has 0 spiro atoms. The third kappa shape index (κ3) is 4.88. The second-order valence-electron chi connectivity index (χ2n) is 7.37. The third-order valence-electron chi connectivity index (χ3n) is 5.24. The summed E-state index contributed by atoms with van der Waals surface area (Å²) in [6.07, 6.45) is -0.648. The zero-order valence-corrected chi connectivity index (χ0v) is 16.6. The van der Waals surface area contributed by atoms with Crippen LogP contribution in [0.4, 0.5) is 4.39 Å². The molecule has 4 rings (SSSR count). The van der Waals surface area contributed by atoms with Gasteiger partial charge in [-0.2, -0.15) is 0 Å². The lowest BCUT2D eigenvalue weighted by Gasteiger charge is -2.36. The smallest absolute Gasteiger partial charge is 0.267 e. The predicted octanol–water partition coefficient (Wildman–Crippen LogP) is 1.43. The van der Waals surface area contributed by atoms with E-state index in [2.05, 4.69) is 5.32 Å². The molecule has 30 heavy (non-hydrogen) atoms. The van der Waals surface area contributed by atoms with E-state index in [9.17, 15) is 14.0 Å². The number of rotatable bonds is 5. The molecule has 0 saturated carbocycles. The molecule has 7 nitrogen and oxygen atoms in total. The lowest BCUT2D eigenvalue weighted by Crippen LogP contribution is -2.55. The highest BCUT2D eigenvalue weighted by atomic mass is 19.1. The fourth-order valence-corrected chi connectivity index (χ4v) is 3.53. The van der Waals surface area contributed by atoms with E-state index < -0.39 is 6.10 Å². The first-order valence-corrected chi connectivity index (χ1v) is 9.99. The van der Waals surface area contributed by atoms with Gasteiger partial charge in [-0.05, 0) is 29.8 Å². The minimum Gasteiger partial charge on any atom is -0.485 e. The van der Waals surface area contributed by atoms with Gasteiger partial charge in [0, 0.05) is 32.7 Å². The van der Waals surface area contributed by atoms with Crippen molar-refractivity contribution in [2.45, 2.75) is 12.6 Å². The number of nitrogens with one attached hydrogen (secondary N) is 1. The predicted molar refractivity (Wildman–Crippen MR) is 108 cm³/mol. The Kier molecular flexibility index (Phi) is 6.13. The van der Waals surface area contributed by atoms with Crippen molar-refractivity contribution in [1.29, 1.82) is 0 Å². The van der Waals surface area contributed by atoms with Crippen LogP contribution >= 0.6 is 0 Å². The van der Waals surface area contributed by atoms with E-state index in [0.29, 0.717) is 44.2 Å². The van der Waals surface area contributed by atoms with Gasteiger partial charge in [0.25, 0.3) is 5.91 Å². The molecule has 0 bridgehead atoms. The summed E-state index contributed by atoms with van der Waals surface area (Å²) >= 11 is 0. The standard InChI is InChI=1S/C22H24FN3O4/c23-17-7-5-16(6-8-17)13-24-21(27)14-25-9-11-26(12-10-25)22(28)20-15-29-18-3-1-2-4-19(18)30-20/h1-8,20H,9-15H2,(H,24,27)/t20-/m1/s1. The summed E-state index contributed by atoms with van der Waals surface area (Å²) < 4.78 is 24.4. The van der Waals surface area contributed by atoms with Crippen LogP contribution in [0, 0.1) is 5.82 Å². The van der Waals surface area contributed by atoms with Crippen molar-refractivity contribution in [3.05, 3.63) is 59.9 Å². The number of hydrogen-bond acceptors (Lipinski definition) is 5. The normalized spacial score (nSPS) is 18.7. The highest BCUT2D eigenvalue weighted by Crippen LogP contribution is 2.31. The summed E-state index contributed by atoms with van der Waals surface area (Å²) in [5.41, 5.74) is 0.844. The molecule has 0 aliphatic carbocycles. The van der Waals surface area contributed by atoms with E-state index in [1.165, 1.54) is 12.1 Å². The van der Waals surface area contributed by atoms with E-state index in [1.54, 1.807) is 23.1 Å². The van der Waals surface area contributed by atoms with Crippen LogP contribution in [0.1, 0.15) is 5.56 Å². The molecule has 2 amide bonds. The van der Waals surface area contributed by atoms with Crippen molar-refractivity contribution >= 4 is 11.8 Å². The van der Waals surface area contributed by atoms with E-state index in [4.69, 9.17) is 9.47 Å². The Morgan fingerprint density at radius 2 is 1.70 bits per heavy atom. The maximum absolute atomic E-state index is 12.9. The van der Waals surface area contributed by atoms with E-state index in [0.717, 1.165) is 5.56 Å². The summed E-state index contributed by atoms with van der Waals surface area (Å²) in [4.78, 5) is 28.7. The molecule has 2 aromatic carbocycles. The number of para-hydroxylation sites is 2. The molecule has 158 valence electrons. The Morgan fingerprint density at radius 1 is 1.00 bits per heavy atom. The van der Waals surface area contributed by atoms with Crippen molar-refractivity contribution in [2.24, 2.45) is 0 Å². The molecule has 0 aromatic heterocycles. The number of benzene rings is 2. The minimum absolute atomic E-state index is 0.0927. The molecule has 1 fully saturated rings. The lowest BCUT2D eigenvalue weighted by atomic mass is 10.2. The van der Waals surface area contributed by atoms with Gasteiger partial charge in [0.05, 0.1) is 6.54 Å². The maximum Gasteiger partial charge on any atom is 0.267 e. The van der Waals surface area contributed by atoms with E-state index >= 15 is 0 Å². The summed E-state index contributed by atoms with van der Waals surface area (Å²) in [5.74, 6) is 0.744. The van der Waals surface area contributed by atoms with Gasteiger partial charge in [-0.15, -0.1) is 0 Å². The summed E-state index contributed by atoms with van der Waals surface area (Å²) in [6, 6.07) is 13.3. The molecule has 0 radical (unpaired) electrons.